The number of carbonyl (C=O) groups is 1. The van der Waals surface area contributed by atoms with Gasteiger partial charge in [0.1, 0.15) is 16.9 Å². The van der Waals surface area contributed by atoms with Crippen LogP contribution >= 0.6 is 0 Å². The van der Waals surface area contributed by atoms with Crippen molar-refractivity contribution >= 4 is 17.1 Å². The summed E-state index contributed by atoms with van der Waals surface area (Å²) in [5.41, 5.74) is 6.13. The maximum Gasteiger partial charge on any atom is 0.255 e. The fourth-order valence-electron chi connectivity index (χ4n) is 3.82. The normalized spacial score (nSPS) is 15.9. The van der Waals surface area contributed by atoms with Gasteiger partial charge in [-0.1, -0.05) is 13.8 Å². The topological polar surface area (TPSA) is 88.5 Å². The van der Waals surface area contributed by atoms with Gasteiger partial charge in [0.05, 0.1) is 11.8 Å². The first-order valence-electron chi connectivity index (χ1n) is 9.45. The van der Waals surface area contributed by atoms with E-state index in [1.54, 1.807) is 12.4 Å². The van der Waals surface area contributed by atoms with E-state index in [9.17, 15) is 4.79 Å². The number of nitrogens with one attached hydrogen (secondary N) is 2. The smallest absolute Gasteiger partial charge is 0.255 e. The molecule has 2 N–H and O–H groups in total. The van der Waals surface area contributed by atoms with Crippen LogP contribution in [0.1, 0.15) is 55.7 Å². The molecule has 0 radical (unpaired) electrons. The molecule has 7 heteroatoms. The van der Waals surface area contributed by atoms with E-state index >= 15 is 0 Å². The van der Waals surface area contributed by atoms with Crippen LogP contribution in [0.5, 0.6) is 0 Å². The van der Waals surface area contributed by atoms with Crippen molar-refractivity contribution in [1.82, 2.24) is 30.0 Å². The van der Waals surface area contributed by atoms with Crippen molar-refractivity contribution < 1.29 is 4.79 Å². The SMILES string of the molecule is CC(C)NC(=O)c1c[nH]c2ncc(-c3nn(C)c4c3CCC(C)(C)C4)nc12. The molecule has 142 valence electrons. The number of rotatable bonds is 3. The third kappa shape index (κ3) is 3.11. The van der Waals surface area contributed by atoms with Gasteiger partial charge in [-0.2, -0.15) is 5.10 Å². The zero-order valence-corrected chi connectivity index (χ0v) is 16.6. The van der Waals surface area contributed by atoms with Gasteiger partial charge in [-0.3, -0.25) is 9.48 Å². The molecule has 3 aromatic heterocycles. The summed E-state index contributed by atoms with van der Waals surface area (Å²) >= 11 is 0. The second kappa shape index (κ2) is 6.18. The summed E-state index contributed by atoms with van der Waals surface area (Å²) < 4.78 is 1.97. The lowest BCUT2D eigenvalue weighted by Crippen LogP contribution is -2.30. The molecule has 3 heterocycles. The number of aromatic nitrogens is 5. The predicted octanol–water partition coefficient (Wildman–Crippen LogP) is 3.01. The Hall–Kier alpha value is -2.70. The number of nitrogens with zero attached hydrogens (tertiary/aromatic N) is 4. The molecule has 1 aliphatic rings. The van der Waals surface area contributed by atoms with Gasteiger partial charge in [0.2, 0.25) is 0 Å². The van der Waals surface area contributed by atoms with Crippen molar-refractivity contribution in [3.63, 3.8) is 0 Å². The Morgan fingerprint density at radius 3 is 2.89 bits per heavy atom. The molecule has 1 amide bonds. The summed E-state index contributed by atoms with van der Waals surface area (Å²) in [4.78, 5) is 24.7. The van der Waals surface area contributed by atoms with Crippen molar-refractivity contribution in [2.75, 3.05) is 0 Å². The number of aryl methyl sites for hydroxylation is 1. The quantitative estimate of drug-likeness (QED) is 0.746. The Labute approximate surface area is 158 Å². The van der Waals surface area contributed by atoms with Crippen LogP contribution in [0.15, 0.2) is 12.4 Å². The average molecular weight is 366 g/mol. The van der Waals surface area contributed by atoms with Crippen molar-refractivity contribution in [2.45, 2.75) is 53.0 Å². The molecule has 0 spiro atoms. The summed E-state index contributed by atoms with van der Waals surface area (Å²) in [6, 6.07) is 0.0600. The summed E-state index contributed by atoms with van der Waals surface area (Å²) in [6.07, 6.45) is 6.53. The molecule has 0 saturated carbocycles. The molecular weight excluding hydrogens is 340 g/mol. The van der Waals surface area contributed by atoms with Crippen molar-refractivity contribution in [3.05, 3.63) is 29.2 Å². The summed E-state index contributed by atoms with van der Waals surface area (Å²) in [5, 5.41) is 7.66. The first-order valence-corrected chi connectivity index (χ1v) is 9.45. The minimum absolute atomic E-state index is 0.0600. The lowest BCUT2D eigenvalue weighted by Gasteiger charge is -2.29. The highest BCUT2D eigenvalue weighted by Crippen LogP contribution is 2.38. The maximum absolute atomic E-state index is 12.5. The molecule has 0 aliphatic heterocycles. The van der Waals surface area contributed by atoms with E-state index in [0.717, 1.165) is 30.7 Å². The van der Waals surface area contributed by atoms with E-state index < -0.39 is 0 Å². The lowest BCUT2D eigenvalue weighted by molar-refractivity contribution is 0.0944. The van der Waals surface area contributed by atoms with Gasteiger partial charge in [0.15, 0.2) is 5.65 Å². The van der Waals surface area contributed by atoms with E-state index in [-0.39, 0.29) is 17.4 Å². The third-order valence-corrected chi connectivity index (χ3v) is 5.26. The number of aromatic amines is 1. The molecule has 0 saturated heterocycles. The number of H-pyrrole nitrogens is 1. The second-order valence-electron chi connectivity index (χ2n) is 8.52. The zero-order chi connectivity index (χ0) is 19.3. The fourth-order valence-corrected chi connectivity index (χ4v) is 3.82. The van der Waals surface area contributed by atoms with Crippen molar-refractivity contribution in [2.24, 2.45) is 12.5 Å². The van der Waals surface area contributed by atoms with E-state index in [1.807, 2.05) is 25.6 Å². The first kappa shape index (κ1) is 17.7. The molecule has 4 rings (SSSR count). The largest absolute Gasteiger partial charge is 0.350 e. The molecule has 3 aromatic rings. The minimum Gasteiger partial charge on any atom is -0.350 e. The van der Waals surface area contributed by atoms with Gasteiger partial charge in [-0.15, -0.1) is 0 Å². The molecule has 0 unspecified atom stereocenters. The monoisotopic (exact) mass is 366 g/mol. The minimum atomic E-state index is -0.146. The summed E-state index contributed by atoms with van der Waals surface area (Å²) in [5.74, 6) is -0.146. The standard InChI is InChI=1S/C20H26N6O/c1-11(2)23-19(27)13-9-21-18-17(13)24-14(10-22-18)16-12-6-7-20(3,4)8-15(12)26(5)25-16/h9-11H,6-8H2,1-5H3,(H,21,22)(H,23,27). The Kier molecular flexibility index (Phi) is 4.05. The van der Waals surface area contributed by atoms with Crippen LogP contribution in [0, 0.1) is 5.41 Å². The molecule has 0 atom stereocenters. The Morgan fingerprint density at radius 1 is 1.37 bits per heavy atom. The summed E-state index contributed by atoms with van der Waals surface area (Å²) in [6.45, 7) is 8.47. The lowest BCUT2D eigenvalue weighted by atomic mass is 9.76. The molecule has 7 nitrogen and oxygen atoms in total. The van der Waals surface area contributed by atoms with E-state index in [2.05, 4.69) is 29.1 Å². The van der Waals surface area contributed by atoms with Crippen LogP contribution in [0.3, 0.4) is 0 Å². The second-order valence-corrected chi connectivity index (χ2v) is 8.52. The van der Waals surface area contributed by atoms with Crippen LogP contribution < -0.4 is 5.32 Å². The van der Waals surface area contributed by atoms with Gasteiger partial charge in [-0.25, -0.2) is 9.97 Å². The van der Waals surface area contributed by atoms with Gasteiger partial charge in [0.25, 0.3) is 5.91 Å². The third-order valence-electron chi connectivity index (χ3n) is 5.26. The molecular formula is C20H26N6O. The van der Waals surface area contributed by atoms with Gasteiger partial charge in [-0.05, 0) is 38.5 Å². The van der Waals surface area contributed by atoms with E-state index in [1.165, 1.54) is 11.3 Å². The zero-order valence-electron chi connectivity index (χ0n) is 16.6. The molecule has 1 aliphatic carbocycles. The Bertz CT molecular complexity index is 1030. The molecule has 0 bridgehead atoms. The predicted molar refractivity (Wildman–Crippen MR) is 104 cm³/mol. The molecule has 27 heavy (non-hydrogen) atoms. The van der Waals surface area contributed by atoms with Crippen LogP contribution in [-0.2, 0) is 19.9 Å². The molecule has 0 aromatic carbocycles. The number of hydrogen-bond donors (Lipinski definition) is 2. The average Bonchev–Trinajstić information content (AvgIpc) is 3.14. The Morgan fingerprint density at radius 2 is 2.15 bits per heavy atom. The van der Waals surface area contributed by atoms with E-state index in [0.29, 0.717) is 16.7 Å². The summed E-state index contributed by atoms with van der Waals surface area (Å²) in [7, 11) is 1.99. The van der Waals surface area contributed by atoms with Crippen LogP contribution in [-0.4, -0.2) is 36.7 Å². The number of hydrogen-bond acceptors (Lipinski definition) is 4. The number of fused-ring (bicyclic) bond motifs is 2. The van der Waals surface area contributed by atoms with Gasteiger partial charge in [0, 0.05) is 30.5 Å². The van der Waals surface area contributed by atoms with Crippen molar-refractivity contribution in [1.29, 1.82) is 0 Å². The first-order chi connectivity index (χ1) is 12.7. The highest BCUT2D eigenvalue weighted by Gasteiger charge is 2.31. The molecule has 0 fully saturated rings. The van der Waals surface area contributed by atoms with Gasteiger partial charge >= 0.3 is 0 Å². The Balaban J connectivity index is 1.79. The van der Waals surface area contributed by atoms with Crippen molar-refractivity contribution in [3.8, 4) is 11.4 Å². The maximum atomic E-state index is 12.5. The highest BCUT2D eigenvalue weighted by molar-refractivity contribution is 6.04. The van der Waals surface area contributed by atoms with E-state index in [4.69, 9.17) is 10.1 Å². The fraction of sp³-hybridized carbons (Fsp3) is 0.500. The number of amides is 1. The van der Waals surface area contributed by atoms with Crippen LogP contribution in [0.2, 0.25) is 0 Å². The van der Waals surface area contributed by atoms with Crippen LogP contribution in [0.25, 0.3) is 22.6 Å². The van der Waals surface area contributed by atoms with Gasteiger partial charge < -0.3 is 10.3 Å². The number of carbonyl (C=O) groups excluding carboxylic acids is 1. The van der Waals surface area contributed by atoms with Crippen LogP contribution in [0.4, 0.5) is 0 Å². The highest BCUT2D eigenvalue weighted by atomic mass is 16.1.